The third-order valence-electron chi connectivity index (χ3n) is 5.54. The zero-order chi connectivity index (χ0) is 17.4. The van der Waals surface area contributed by atoms with Gasteiger partial charge in [0.2, 0.25) is 0 Å². The smallest absolute Gasteiger partial charge is 0.259 e. The van der Waals surface area contributed by atoms with Crippen LogP contribution < -0.4 is 5.32 Å². The van der Waals surface area contributed by atoms with Crippen LogP contribution in [-0.2, 0) is 12.8 Å². The van der Waals surface area contributed by atoms with Crippen molar-refractivity contribution >= 4 is 33.8 Å². The van der Waals surface area contributed by atoms with Gasteiger partial charge < -0.3 is 4.98 Å². The standard InChI is InChI=1S/C21H13N3O2/c25-20-16-12-8-7-10-4-1-2-5-11(10)14(12)18-15(17(16)21(26)24-20)13-6-3-9-22-19(13)23-18/h1-6,9H,7-8H2,(H,22,23)(H,24,25,26). The van der Waals surface area contributed by atoms with Gasteiger partial charge in [0.1, 0.15) is 5.65 Å². The lowest BCUT2D eigenvalue weighted by Gasteiger charge is -2.22. The molecule has 2 amide bonds. The summed E-state index contributed by atoms with van der Waals surface area (Å²) < 4.78 is 0. The van der Waals surface area contributed by atoms with E-state index in [0.717, 1.165) is 51.5 Å². The first kappa shape index (κ1) is 13.8. The molecule has 0 fully saturated rings. The number of amides is 2. The highest BCUT2D eigenvalue weighted by atomic mass is 16.2. The third kappa shape index (κ3) is 1.53. The Balaban J connectivity index is 1.92. The van der Waals surface area contributed by atoms with Crippen molar-refractivity contribution in [2.75, 3.05) is 0 Å². The summed E-state index contributed by atoms with van der Waals surface area (Å²) in [4.78, 5) is 33.0. The number of imide groups is 1. The number of rotatable bonds is 0. The van der Waals surface area contributed by atoms with E-state index in [1.807, 2.05) is 24.3 Å². The topological polar surface area (TPSA) is 74.8 Å². The predicted molar refractivity (Wildman–Crippen MR) is 98.2 cm³/mol. The van der Waals surface area contributed by atoms with Crippen molar-refractivity contribution in [3.05, 3.63) is 64.8 Å². The van der Waals surface area contributed by atoms with Gasteiger partial charge in [0.05, 0.1) is 16.6 Å². The molecular weight excluding hydrogens is 326 g/mol. The number of benzene rings is 2. The van der Waals surface area contributed by atoms with Gasteiger partial charge >= 0.3 is 0 Å². The summed E-state index contributed by atoms with van der Waals surface area (Å²) in [7, 11) is 0. The van der Waals surface area contributed by atoms with Crippen LogP contribution in [0.1, 0.15) is 31.8 Å². The fraction of sp³-hybridized carbons (Fsp3) is 0.0952. The van der Waals surface area contributed by atoms with Crippen molar-refractivity contribution in [3.8, 4) is 11.1 Å². The summed E-state index contributed by atoms with van der Waals surface area (Å²) in [6, 6.07) is 12.1. The molecule has 0 atom stereocenters. The number of aromatic nitrogens is 2. The number of fused-ring (bicyclic) bond motifs is 10. The molecule has 124 valence electrons. The quantitative estimate of drug-likeness (QED) is 0.482. The minimum absolute atomic E-state index is 0.291. The molecule has 5 nitrogen and oxygen atoms in total. The Hall–Kier alpha value is -3.47. The second-order valence-corrected chi connectivity index (χ2v) is 6.82. The minimum atomic E-state index is -0.318. The van der Waals surface area contributed by atoms with Crippen LogP contribution in [0.25, 0.3) is 33.1 Å². The number of hydrogen-bond donors (Lipinski definition) is 2. The zero-order valence-corrected chi connectivity index (χ0v) is 13.7. The average molecular weight is 339 g/mol. The van der Waals surface area contributed by atoms with Gasteiger partial charge in [-0.2, -0.15) is 0 Å². The molecule has 2 aromatic carbocycles. The van der Waals surface area contributed by atoms with Crippen LogP contribution in [0.4, 0.5) is 0 Å². The van der Waals surface area contributed by atoms with Crippen LogP contribution in [-0.4, -0.2) is 21.8 Å². The Morgan fingerprint density at radius 3 is 2.65 bits per heavy atom. The van der Waals surface area contributed by atoms with E-state index in [-0.39, 0.29) is 11.8 Å². The number of carbonyl (C=O) groups is 2. The van der Waals surface area contributed by atoms with Crippen LogP contribution in [0, 0.1) is 0 Å². The maximum atomic E-state index is 12.6. The van der Waals surface area contributed by atoms with E-state index in [0.29, 0.717) is 11.1 Å². The molecule has 0 bridgehead atoms. The Labute approximate surface area is 148 Å². The van der Waals surface area contributed by atoms with Crippen LogP contribution in [0.2, 0.25) is 0 Å². The highest BCUT2D eigenvalue weighted by Gasteiger charge is 2.37. The molecular formula is C21H13N3O2. The molecule has 1 aliphatic carbocycles. The Morgan fingerprint density at radius 1 is 0.885 bits per heavy atom. The van der Waals surface area contributed by atoms with Crippen LogP contribution in [0.15, 0.2) is 42.6 Å². The molecule has 26 heavy (non-hydrogen) atoms. The molecule has 3 heterocycles. The lowest BCUT2D eigenvalue weighted by atomic mass is 9.80. The maximum Gasteiger partial charge on any atom is 0.259 e. The Kier molecular flexibility index (Phi) is 2.43. The van der Waals surface area contributed by atoms with Gasteiger partial charge in [0, 0.05) is 22.5 Å². The fourth-order valence-electron chi connectivity index (χ4n) is 4.52. The third-order valence-corrected chi connectivity index (χ3v) is 5.54. The van der Waals surface area contributed by atoms with Gasteiger partial charge in [-0.3, -0.25) is 14.9 Å². The first-order chi connectivity index (χ1) is 12.7. The van der Waals surface area contributed by atoms with Crippen LogP contribution in [0.5, 0.6) is 0 Å². The van der Waals surface area contributed by atoms with E-state index < -0.39 is 0 Å². The zero-order valence-electron chi connectivity index (χ0n) is 13.7. The van der Waals surface area contributed by atoms with E-state index in [9.17, 15) is 9.59 Å². The van der Waals surface area contributed by atoms with Crippen molar-refractivity contribution in [1.82, 2.24) is 15.3 Å². The van der Waals surface area contributed by atoms with E-state index in [2.05, 4.69) is 27.4 Å². The van der Waals surface area contributed by atoms with Gasteiger partial charge in [0.15, 0.2) is 0 Å². The predicted octanol–water partition coefficient (Wildman–Crippen LogP) is 3.37. The van der Waals surface area contributed by atoms with E-state index in [1.165, 1.54) is 5.56 Å². The van der Waals surface area contributed by atoms with E-state index in [1.54, 1.807) is 6.20 Å². The highest BCUT2D eigenvalue weighted by Crippen LogP contribution is 2.45. The summed E-state index contributed by atoms with van der Waals surface area (Å²) in [6.07, 6.45) is 3.33. The van der Waals surface area contributed by atoms with Crippen molar-refractivity contribution < 1.29 is 9.59 Å². The van der Waals surface area contributed by atoms with Gasteiger partial charge in [-0.1, -0.05) is 24.3 Å². The van der Waals surface area contributed by atoms with Crippen molar-refractivity contribution in [3.63, 3.8) is 0 Å². The SMILES string of the molecule is O=C1NC(=O)c2c1c1c(c3[nH]c4ncccc4c23)-c2ccccc2CC1. The second kappa shape index (κ2) is 4.58. The molecule has 0 radical (unpaired) electrons. The Bertz CT molecular complexity index is 1300. The number of nitrogens with one attached hydrogen (secondary N) is 2. The molecule has 4 aromatic rings. The fourth-order valence-corrected chi connectivity index (χ4v) is 4.52. The molecule has 2 N–H and O–H groups in total. The lowest BCUT2D eigenvalue weighted by Crippen LogP contribution is -2.20. The molecule has 0 saturated carbocycles. The number of pyridine rings is 1. The van der Waals surface area contributed by atoms with Crippen LogP contribution >= 0.6 is 0 Å². The summed E-state index contributed by atoms with van der Waals surface area (Å²) in [5.74, 6) is -0.609. The number of aryl methyl sites for hydroxylation is 1. The summed E-state index contributed by atoms with van der Waals surface area (Å²) in [6.45, 7) is 0. The number of carbonyl (C=O) groups excluding carboxylic acids is 2. The number of hydrogen-bond acceptors (Lipinski definition) is 3. The van der Waals surface area contributed by atoms with Crippen molar-refractivity contribution in [2.24, 2.45) is 0 Å². The number of aromatic amines is 1. The molecule has 0 saturated heterocycles. The van der Waals surface area contributed by atoms with Crippen molar-refractivity contribution in [1.29, 1.82) is 0 Å². The maximum absolute atomic E-state index is 12.6. The average Bonchev–Trinajstić information content (AvgIpc) is 3.18. The monoisotopic (exact) mass is 339 g/mol. The van der Waals surface area contributed by atoms with Crippen LogP contribution in [0.3, 0.4) is 0 Å². The highest BCUT2D eigenvalue weighted by molar-refractivity contribution is 6.32. The largest absolute Gasteiger partial charge is 0.339 e. The first-order valence-corrected chi connectivity index (χ1v) is 8.63. The summed E-state index contributed by atoms with van der Waals surface area (Å²) in [5.41, 5.74) is 7.03. The molecule has 6 rings (SSSR count). The van der Waals surface area contributed by atoms with Gasteiger partial charge in [-0.15, -0.1) is 0 Å². The van der Waals surface area contributed by atoms with Gasteiger partial charge in [-0.25, -0.2) is 4.98 Å². The molecule has 2 aliphatic rings. The summed E-state index contributed by atoms with van der Waals surface area (Å²) in [5, 5.41) is 4.15. The van der Waals surface area contributed by atoms with Crippen molar-refractivity contribution in [2.45, 2.75) is 12.8 Å². The summed E-state index contributed by atoms with van der Waals surface area (Å²) >= 11 is 0. The number of nitrogens with zero attached hydrogens (tertiary/aromatic N) is 1. The first-order valence-electron chi connectivity index (χ1n) is 8.63. The Morgan fingerprint density at radius 2 is 1.73 bits per heavy atom. The molecule has 5 heteroatoms. The van der Waals surface area contributed by atoms with Gasteiger partial charge in [-0.05, 0) is 41.7 Å². The second-order valence-electron chi connectivity index (χ2n) is 6.82. The molecule has 1 aliphatic heterocycles. The van der Waals surface area contributed by atoms with Gasteiger partial charge in [0.25, 0.3) is 11.8 Å². The van der Waals surface area contributed by atoms with E-state index in [4.69, 9.17) is 0 Å². The molecule has 0 spiro atoms. The van der Waals surface area contributed by atoms with E-state index >= 15 is 0 Å². The molecule has 2 aromatic heterocycles. The number of H-pyrrole nitrogens is 1. The molecule has 0 unspecified atom stereocenters. The lowest BCUT2D eigenvalue weighted by molar-refractivity contribution is 0.0880. The minimum Gasteiger partial charge on any atom is -0.339 e. The normalized spacial score (nSPS) is 15.1.